The fraction of sp³-hybridized carbons (Fsp3) is 0.923. The maximum absolute atomic E-state index is 5.62. The van der Waals surface area contributed by atoms with E-state index in [2.05, 4.69) is 12.2 Å². The summed E-state index contributed by atoms with van der Waals surface area (Å²) in [7, 11) is 3.59. The van der Waals surface area contributed by atoms with Crippen LogP contribution in [0.5, 0.6) is 0 Å². The Bertz CT molecular complexity index is 276. The summed E-state index contributed by atoms with van der Waals surface area (Å²) in [6.07, 6.45) is 5.09. The lowest BCUT2D eigenvalue weighted by Crippen LogP contribution is -2.43. The summed E-state index contributed by atoms with van der Waals surface area (Å²) >= 11 is 0. The van der Waals surface area contributed by atoms with Crippen molar-refractivity contribution >= 4 is 6.08 Å². The minimum absolute atomic E-state index is 0.186. The van der Waals surface area contributed by atoms with Crippen molar-refractivity contribution in [3.63, 3.8) is 0 Å². The molecule has 0 saturated carbocycles. The Morgan fingerprint density at radius 3 is 2.06 bits per heavy atom. The molecular formula is C13H27N2O3+. The van der Waals surface area contributed by atoms with Crippen LogP contribution in [-0.2, 0) is 14.4 Å². The number of oxime groups is 1. The maximum atomic E-state index is 5.62. The Balaban J connectivity index is 2.58. The van der Waals surface area contributed by atoms with Crippen LogP contribution in [0.2, 0.25) is 0 Å². The molecule has 0 bridgehead atoms. The van der Waals surface area contributed by atoms with Crippen molar-refractivity contribution < 1.29 is 19.1 Å². The Kier molecular flexibility index (Phi) is 5.26. The summed E-state index contributed by atoms with van der Waals surface area (Å²) in [6.45, 7) is 7.81. The van der Waals surface area contributed by atoms with Gasteiger partial charge < -0.3 is 9.47 Å². The van der Waals surface area contributed by atoms with Crippen LogP contribution in [0, 0.1) is 0 Å². The molecule has 106 valence electrons. The molecule has 0 aromatic rings. The van der Waals surface area contributed by atoms with Crippen LogP contribution in [0.25, 0.3) is 0 Å². The number of hydrogen-bond donors (Lipinski definition) is 0. The quantitative estimate of drug-likeness (QED) is 0.331. The van der Waals surface area contributed by atoms with Gasteiger partial charge in [0.05, 0.1) is 12.3 Å². The number of nitrogens with zero attached hydrogens (tertiary/aromatic N) is 2. The Hall–Kier alpha value is -0.970. The van der Waals surface area contributed by atoms with E-state index in [0.29, 0.717) is 4.65 Å². The van der Waals surface area contributed by atoms with E-state index in [9.17, 15) is 0 Å². The van der Waals surface area contributed by atoms with Gasteiger partial charge in [-0.3, -0.25) is 0 Å². The largest absolute Gasteiger partial charge is 0.452 e. The molecule has 0 amide bonds. The molecule has 5 heteroatoms. The summed E-state index contributed by atoms with van der Waals surface area (Å²) < 4.78 is 11.1. The molecule has 1 rings (SSSR count). The predicted octanol–water partition coefficient (Wildman–Crippen LogP) is 2.67. The summed E-state index contributed by atoms with van der Waals surface area (Å²) in [5.41, 5.74) is -0.338. The van der Waals surface area contributed by atoms with Crippen LogP contribution in [0.1, 0.15) is 46.5 Å². The fourth-order valence-corrected chi connectivity index (χ4v) is 1.93. The molecule has 5 nitrogen and oxygen atoms in total. The van der Waals surface area contributed by atoms with Gasteiger partial charge in [0.1, 0.15) is 25.7 Å². The van der Waals surface area contributed by atoms with Crippen molar-refractivity contribution in [1.29, 1.82) is 0 Å². The van der Waals surface area contributed by atoms with Gasteiger partial charge in [-0.15, -0.1) is 4.65 Å². The third kappa shape index (κ3) is 5.58. The molecule has 0 aromatic heterocycles. The zero-order valence-electron chi connectivity index (χ0n) is 12.4. The highest BCUT2D eigenvalue weighted by Gasteiger charge is 2.27. The second-order valence-corrected chi connectivity index (χ2v) is 6.02. The van der Waals surface area contributed by atoms with E-state index in [0.717, 1.165) is 13.1 Å². The number of ether oxygens (including phenoxy) is 2. The van der Waals surface area contributed by atoms with Crippen LogP contribution in [0.15, 0.2) is 5.16 Å². The zero-order valence-corrected chi connectivity index (χ0v) is 12.4. The van der Waals surface area contributed by atoms with E-state index < -0.39 is 0 Å². The lowest BCUT2D eigenvalue weighted by atomic mass is 10.2. The maximum Gasteiger partial charge on any atom is 0.428 e. The molecule has 0 atom stereocenters. The number of methoxy groups -OCH3 is 1. The van der Waals surface area contributed by atoms with Gasteiger partial charge in [0.2, 0.25) is 0 Å². The van der Waals surface area contributed by atoms with Gasteiger partial charge in [0, 0.05) is 12.8 Å². The molecule has 1 heterocycles. The highest BCUT2D eigenvalue weighted by Crippen LogP contribution is 2.17. The smallest absolute Gasteiger partial charge is 0.428 e. The first-order valence-corrected chi connectivity index (χ1v) is 6.69. The lowest BCUT2D eigenvalue weighted by Gasteiger charge is -2.27. The molecule has 0 unspecified atom stereocenters. The topological polar surface area (TPSA) is 40.0 Å². The average Bonchev–Trinajstić information content (AvgIpc) is 2.48. The average molecular weight is 259 g/mol. The molecule has 0 N–H and O–H groups in total. The number of quaternary nitrogens is 1. The van der Waals surface area contributed by atoms with Gasteiger partial charge >= 0.3 is 6.08 Å². The SMILES string of the molecule is COC(=NO[N+]1(C)CCCCCC1)OC(C)(C)C. The van der Waals surface area contributed by atoms with Crippen molar-refractivity contribution in [2.75, 3.05) is 27.2 Å². The number of hydroxylamine groups is 3. The van der Waals surface area contributed by atoms with Crippen molar-refractivity contribution in [3.05, 3.63) is 0 Å². The van der Waals surface area contributed by atoms with Crippen LogP contribution in [-0.4, -0.2) is 43.6 Å². The van der Waals surface area contributed by atoms with Gasteiger partial charge in [-0.1, -0.05) is 0 Å². The summed E-state index contributed by atoms with van der Waals surface area (Å²) in [5, 5.41) is 4.01. The fourth-order valence-electron chi connectivity index (χ4n) is 1.93. The highest BCUT2D eigenvalue weighted by molar-refractivity contribution is 5.66. The third-order valence-corrected chi connectivity index (χ3v) is 2.89. The first kappa shape index (κ1) is 15.1. The summed E-state index contributed by atoms with van der Waals surface area (Å²) in [6, 6.07) is 0. The second-order valence-electron chi connectivity index (χ2n) is 6.02. The summed E-state index contributed by atoms with van der Waals surface area (Å²) in [4.78, 5) is 5.62. The first-order chi connectivity index (χ1) is 8.35. The van der Waals surface area contributed by atoms with E-state index >= 15 is 0 Å². The molecule has 0 radical (unpaired) electrons. The minimum Gasteiger partial charge on any atom is -0.452 e. The van der Waals surface area contributed by atoms with Crippen LogP contribution >= 0.6 is 0 Å². The minimum atomic E-state index is -0.338. The molecule has 0 aliphatic carbocycles. The molecule has 1 aliphatic heterocycles. The van der Waals surface area contributed by atoms with Gasteiger partial charge in [0.15, 0.2) is 0 Å². The molecule has 18 heavy (non-hydrogen) atoms. The molecule has 0 aromatic carbocycles. The lowest BCUT2D eigenvalue weighted by molar-refractivity contribution is -1.09. The van der Waals surface area contributed by atoms with E-state index in [4.69, 9.17) is 14.4 Å². The van der Waals surface area contributed by atoms with Crippen molar-refractivity contribution in [1.82, 2.24) is 0 Å². The normalized spacial score (nSPS) is 21.1. The van der Waals surface area contributed by atoms with Crippen molar-refractivity contribution in [2.24, 2.45) is 5.16 Å². The van der Waals surface area contributed by atoms with Crippen LogP contribution < -0.4 is 0 Å². The first-order valence-electron chi connectivity index (χ1n) is 6.69. The monoisotopic (exact) mass is 259 g/mol. The molecule has 1 aliphatic rings. The molecular weight excluding hydrogens is 232 g/mol. The van der Waals surface area contributed by atoms with Crippen molar-refractivity contribution in [3.8, 4) is 0 Å². The number of likely N-dealkylation sites (tertiary alicyclic amines) is 1. The Labute approximate surface area is 110 Å². The van der Waals surface area contributed by atoms with E-state index in [-0.39, 0.29) is 11.7 Å². The summed E-state index contributed by atoms with van der Waals surface area (Å²) in [5.74, 6) is 0. The molecule has 1 saturated heterocycles. The van der Waals surface area contributed by atoms with Gasteiger partial charge in [-0.2, -0.15) is 4.94 Å². The van der Waals surface area contributed by atoms with Crippen LogP contribution in [0.3, 0.4) is 0 Å². The Morgan fingerprint density at radius 1 is 1.06 bits per heavy atom. The second kappa shape index (κ2) is 6.27. The predicted molar refractivity (Wildman–Crippen MR) is 70.8 cm³/mol. The molecule has 1 fully saturated rings. The highest BCUT2D eigenvalue weighted by atomic mass is 16.9. The van der Waals surface area contributed by atoms with E-state index in [1.807, 2.05) is 20.8 Å². The number of rotatable bonds is 2. The zero-order chi connectivity index (χ0) is 13.6. The third-order valence-electron chi connectivity index (χ3n) is 2.89. The standard InChI is InChI=1S/C13H27N2O3/c1-13(2,3)17-12(16-5)14-18-15(4)10-8-6-7-9-11-15/h6-11H2,1-5H3/q+1. The van der Waals surface area contributed by atoms with E-state index in [1.165, 1.54) is 32.8 Å². The molecule has 0 spiro atoms. The van der Waals surface area contributed by atoms with E-state index in [1.54, 1.807) is 0 Å². The van der Waals surface area contributed by atoms with Gasteiger partial charge in [-0.25, -0.2) is 0 Å². The Morgan fingerprint density at radius 2 is 1.61 bits per heavy atom. The van der Waals surface area contributed by atoms with Crippen LogP contribution in [0.4, 0.5) is 0 Å². The van der Waals surface area contributed by atoms with Gasteiger partial charge in [-0.05, 0) is 33.6 Å². The van der Waals surface area contributed by atoms with Gasteiger partial charge in [0.25, 0.3) is 0 Å². The van der Waals surface area contributed by atoms with Crippen molar-refractivity contribution in [2.45, 2.75) is 52.1 Å². The number of hydrogen-bond acceptors (Lipinski definition) is 4.